The van der Waals surface area contributed by atoms with Gasteiger partial charge in [0.25, 0.3) is 0 Å². The number of carbonyl (C=O) groups is 1. The average molecular weight is 522 g/mol. The molecule has 3 aliphatic rings. The van der Waals surface area contributed by atoms with Crippen LogP contribution in [0.15, 0.2) is 36.4 Å². The Hall–Kier alpha value is -3.02. The maximum atomic E-state index is 13.7. The highest BCUT2D eigenvalue weighted by Crippen LogP contribution is 2.41. The van der Waals surface area contributed by atoms with E-state index in [1.54, 1.807) is 17.0 Å². The summed E-state index contributed by atoms with van der Waals surface area (Å²) in [6, 6.07) is 7.96. The number of urea groups is 1. The fraction of sp³-hybridized carbons (Fsp3) is 0.500. The number of piperidine rings is 1. The van der Waals surface area contributed by atoms with Crippen LogP contribution in [-0.4, -0.2) is 68.6 Å². The van der Waals surface area contributed by atoms with Gasteiger partial charge in [0.2, 0.25) is 0 Å². The van der Waals surface area contributed by atoms with Crippen LogP contribution in [0.3, 0.4) is 0 Å². The van der Waals surface area contributed by atoms with E-state index in [-0.39, 0.29) is 24.5 Å². The smallest absolute Gasteiger partial charge is 0.380 e. The van der Waals surface area contributed by atoms with Crippen LogP contribution in [0.2, 0.25) is 0 Å². The standard InChI is InChI=1S/C26H30F3N3O5/c27-26(28,29)19-4-5-23(37-30-24(33)32-6-2-1-3-7-32)22(15-19)18-12-20(25(34)16-36-17-25)14-21(13-18)31-8-10-35-11-9-31/h4-5,12-15,34H,1-3,6-11,16-17H2,(H,30,33). The van der Waals surface area contributed by atoms with Crippen molar-refractivity contribution in [3.63, 3.8) is 0 Å². The zero-order valence-corrected chi connectivity index (χ0v) is 20.4. The molecule has 0 aliphatic carbocycles. The van der Waals surface area contributed by atoms with Crippen LogP contribution in [0.4, 0.5) is 23.7 Å². The zero-order valence-electron chi connectivity index (χ0n) is 20.4. The molecule has 3 saturated heterocycles. The number of halogens is 3. The Kier molecular flexibility index (Phi) is 7.19. The van der Waals surface area contributed by atoms with Crippen LogP contribution in [0.1, 0.15) is 30.4 Å². The number of likely N-dealkylation sites (tertiary alicyclic amines) is 1. The molecule has 0 atom stereocenters. The molecule has 2 N–H and O–H groups in total. The molecule has 2 aromatic rings. The molecule has 200 valence electrons. The number of ether oxygens (including phenoxy) is 2. The fourth-order valence-electron chi connectivity index (χ4n) is 4.78. The van der Waals surface area contributed by atoms with E-state index >= 15 is 0 Å². The molecule has 2 amide bonds. The van der Waals surface area contributed by atoms with E-state index in [1.807, 2.05) is 6.07 Å². The van der Waals surface area contributed by atoms with Crippen LogP contribution in [0.25, 0.3) is 11.1 Å². The number of carbonyl (C=O) groups excluding carboxylic acids is 1. The zero-order chi connectivity index (χ0) is 26.0. The number of benzene rings is 2. The summed E-state index contributed by atoms with van der Waals surface area (Å²) in [5.74, 6) is 0.0697. The van der Waals surface area contributed by atoms with Gasteiger partial charge >= 0.3 is 12.2 Å². The summed E-state index contributed by atoms with van der Waals surface area (Å²) >= 11 is 0. The van der Waals surface area contributed by atoms with E-state index < -0.39 is 23.4 Å². The van der Waals surface area contributed by atoms with Gasteiger partial charge in [-0.15, -0.1) is 0 Å². The molecule has 8 nitrogen and oxygen atoms in total. The number of hydroxylamine groups is 1. The maximum absolute atomic E-state index is 13.7. The number of amides is 2. The monoisotopic (exact) mass is 521 g/mol. The predicted molar refractivity (Wildman–Crippen MR) is 129 cm³/mol. The van der Waals surface area contributed by atoms with Crippen molar-refractivity contribution in [1.29, 1.82) is 0 Å². The number of aliphatic hydroxyl groups is 1. The minimum Gasteiger partial charge on any atom is -0.380 e. The summed E-state index contributed by atoms with van der Waals surface area (Å²) in [7, 11) is 0. The lowest BCUT2D eigenvalue weighted by Gasteiger charge is -2.38. The number of alkyl halides is 3. The number of rotatable bonds is 5. The first-order valence-corrected chi connectivity index (χ1v) is 12.4. The van der Waals surface area contributed by atoms with Crippen molar-refractivity contribution < 1.29 is 37.4 Å². The quantitative estimate of drug-likeness (QED) is 0.581. The summed E-state index contributed by atoms with van der Waals surface area (Å²) in [6.45, 7) is 3.64. The summed E-state index contributed by atoms with van der Waals surface area (Å²) in [4.78, 5) is 21.9. The van der Waals surface area contributed by atoms with Gasteiger partial charge in [0.05, 0.1) is 32.0 Å². The predicted octanol–water partition coefficient (Wildman–Crippen LogP) is 3.92. The lowest BCUT2D eigenvalue weighted by Crippen LogP contribution is -2.46. The Morgan fingerprint density at radius 2 is 1.70 bits per heavy atom. The molecule has 37 heavy (non-hydrogen) atoms. The third-order valence-corrected chi connectivity index (χ3v) is 7.02. The Morgan fingerprint density at radius 1 is 0.973 bits per heavy atom. The van der Waals surface area contributed by atoms with Crippen LogP contribution >= 0.6 is 0 Å². The number of hydrogen-bond acceptors (Lipinski definition) is 6. The number of nitrogens with one attached hydrogen (secondary N) is 1. The molecule has 0 unspecified atom stereocenters. The second-order valence-electron chi connectivity index (χ2n) is 9.66. The van der Waals surface area contributed by atoms with Crippen molar-refractivity contribution in [3.05, 3.63) is 47.5 Å². The second-order valence-corrected chi connectivity index (χ2v) is 9.66. The topological polar surface area (TPSA) is 83.5 Å². The lowest BCUT2D eigenvalue weighted by molar-refractivity contribution is -0.184. The SMILES string of the molecule is O=C(NOc1ccc(C(F)(F)F)cc1-c1cc(N2CCOCC2)cc(C2(O)COC2)c1)N1CCCCC1. The molecule has 5 rings (SSSR count). The normalized spacial score (nSPS) is 19.8. The molecule has 0 bridgehead atoms. The summed E-state index contributed by atoms with van der Waals surface area (Å²) < 4.78 is 51.7. The van der Waals surface area contributed by atoms with Gasteiger partial charge < -0.3 is 29.2 Å². The number of hydrogen-bond donors (Lipinski definition) is 2. The van der Waals surface area contributed by atoms with Crippen LogP contribution in [0, 0.1) is 0 Å². The molecule has 3 heterocycles. The van der Waals surface area contributed by atoms with Crippen LogP contribution in [-0.2, 0) is 21.3 Å². The first-order chi connectivity index (χ1) is 17.7. The molecule has 11 heteroatoms. The van der Waals surface area contributed by atoms with E-state index in [9.17, 15) is 23.1 Å². The van der Waals surface area contributed by atoms with Gasteiger partial charge in [-0.3, -0.25) is 0 Å². The van der Waals surface area contributed by atoms with Gasteiger partial charge in [-0.05, 0) is 66.8 Å². The largest absolute Gasteiger partial charge is 0.416 e. The Balaban J connectivity index is 1.52. The van der Waals surface area contributed by atoms with E-state index in [4.69, 9.17) is 14.3 Å². The summed E-state index contributed by atoms with van der Waals surface area (Å²) in [5, 5.41) is 11.0. The van der Waals surface area contributed by atoms with Gasteiger partial charge in [0.1, 0.15) is 5.60 Å². The number of morpholine rings is 1. The highest BCUT2D eigenvalue weighted by atomic mass is 19.4. The number of anilines is 1. The Morgan fingerprint density at radius 3 is 2.35 bits per heavy atom. The van der Waals surface area contributed by atoms with Gasteiger partial charge in [-0.2, -0.15) is 18.7 Å². The van der Waals surface area contributed by atoms with Crippen molar-refractivity contribution in [2.45, 2.75) is 31.0 Å². The van der Waals surface area contributed by atoms with Crippen molar-refractivity contribution in [2.75, 3.05) is 57.5 Å². The molecular formula is C26H30F3N3O5. The minimum absolute atomic E-state index is 0.0697. The van der Waals surface area contributed by atoms with Crippen molar-refractivity contribution in [3.8, 4) is 16.9 Å². The molecular weight excluding hydrogens is 491 g/mol. The Labute approximate surface area is 212 Å². The first kappa shape index (κ1) is 25.6. The third-order valence-electron chi connectivity index (χ3n) is 7.02. The van der Waals surface area contributed by atoms with E-state index in [0.29, 0.717) is 50.5 Å². The van der Waals surface area contributed by atoms with Crippen molar-refractivity contribution in [2.24, 2.45) is 0 Å². The van der Waals surface area contributed by atoms with Gasteiger partial charge in [-0.25, -0.2) is 4.79 Å². The molecule has 0 radical (unpaired) electrons. The Bertz CT molecular complexity index is 1130. The van der Waals surface area contributed by atoms with Gasteiger partial charge in [-0.1, -0.05) is 0 Å². The average Bonchev–Trinajstić information content (AvgIpc) is 2.90. The van der Waals surface area contributed by atoms with Crippen molar-refractivity contribution in [1.82, 2.24) is 10.4 Å². The second kappa shape index (κ2) is 10.4. The molecule has 0 aromatic heterocycles. The molecule has 3 fully saturated rings. The van der Waals surface area contributed by atoms with Gasteiger partial charge in [0, 0.05) is 37.4 Å². The molecule has 2 aromatic carbocycles. The van der Waals surface area contributed by atoms with Gasteiger partial charge in [0.15, 0.2) is 5.75 Å². The summed E-state index contributed by atoms with van der Waals surface area (Å²) in [5.41, 5.74) is 2.17. The molecule has 3 aliphatic heterocycles. The van der Waals surface area contributed by atoms with E-state index in [2.05, 4.69) is 10.4 Å². The fourth-order valence-corrected chi connectivity index (χ4v) is 4.78. The van der Waals surface area contributed by atoms with E-state index in [1.165, 1.54) is 6.07 Å². The highest BCUT2D eigenvalue weighted by Gasteiger charge is 2.39. The number of nitrogens with zero attached hydrogens (tertiary/aromatic N) is 2. The highest BCUT2D eigenvalue weighted by molar-refractivity contribution is 5.77. The third kappa shape index (κ3) is 5.63. The first-order valence-electron chi connectivity index (χ1n) is 12.4. The maximum Gasteiger partial charge on any atom is 0.416 e. The lowest BCUT2D eigenvalue weighted by atomic mass is 9.88. The van der Waals surface area contributed by atoms with Crippen LogP contribution < -0.4 is 15.2 Å². The molecule has 0 spiro atoms. The van der Waals surface area contributed by atoms with Crippen molar-refractivity contribution >= 4 is 11.7 Å². The van der Waals surface area contributed by atoms with Crippen LogP contribution in [0.5, 0.6) is 5.75 Å². The molecule has 0 saturated carbocycles. The summed E-state index contributed by atoms with van der Waals surface area (Å²) in [6.07, 6.45) is -1.74. The van der Waals surface area contributed by atoms with E-state index in [0.717, 1.165) is 37.1 Å². The minimum atomic E-state index is -4.57.